The van der Waals surface area contributed by atoms with Gasteiger partial charge in [-0.15, -0.1) is 0 Å². The maximum Gasteiger partial charge on any atom is 0.324 e. The number of ether oxygens (including phenoxy) is 1. The first-order chi connectivity index (χ1) is 9.96. The predicted molar refractivity (Wildman–Crippen MR) is 79.9 cm³/mol. The maximum atomic E-state index is 12.8. The van der Waals surface area contributed by atoms with Crippen LogP contribution in [0.3, 0.4) is 0 Å². The molecule has 2 saturated heterocycles. The summed E-state index contributed by atoms with van der Waals surface area (Å²) in [6, 6.07) is -0.652. The van der Waals surface area contributed by atoms with Crippen molar-refractivity contribution in [2.75, 3.05) is 26.2 Å². The van der Waals surface area contributed by atoms with Crippen molar-refractivity contribution in [3.8, 4) is 0 Å². The van der Waals surface area contributed by atoms with E-state index in [9.17, 15) is 13.2 Å². The highest BCUT2D eigenvalue weighted by Gasteiger charge is 2.41. The first-order valence-corrected chi connectivity index (χ1v) is 9.30. The van der Waals surface area contributed by atoms with E-state index in [0.29, 0.717) is 32.0 Å². The summed E-state index contributed by atoms with van der Waals surface area (Å²) in [4.78, 5) is 12.1. The largest absolute Gasteiger partial charge is 0.465 e. The molecule has 0 N–H and O–H groups in total. The number of carbonyl (C=O) groups excluding carboxylic acids is 1. The van der Waals surface area contributed by atoms with Crippen LogP contribution in [0.2, 0.25) is 0 Å². The van der Waals surface area contributed by atoms with Gasteiger partial charge in [0.15, 0.2) is 0 Å². The molecule has 6 nitrogen and oxygen atoms in total. The number of hydrogen-bond donors (Lipinski definition) is 0. The van der Waals surface area contributed by atoms with Gasteiger partial charge >= 0.3 is 5.97 Å². The zero-order chi connectivity index (χ0) is 15.5. The molecule has 2 aliphatic rings. The lowest BCUT2D eigenvalue weighted by molar-refractivity contribution is -0.148. The van der Waals surface area contributed by atoms with Gasteiger partial charge in [0, 0.05) is 19.6 Å². The lowest BCUT2D eigenvalue weighted by atomic mass is 10.0. The van der Waals surface area contributed by atoms with Crippen molar-refractivity contribution in [2.24, 2.45) is 5.92 Å². The molecule has 2 atom stereocenters. The van der Waals surface area contributed by atoms with Crippen molar-refractivity contribution in [1.82, 2.24) is 8.61 Å². The van der Waals surface area contributed by atoms with Crippen molar-refractivity contribution in [1.29, 1.82) is 0 Å². The van der Waals surface area contributed by atoms with Gasteiger partial charge in [-0.3, -0.25) is 4.79 Å². The smallest absolute Gasteiger partial charge is 0.324 e. The van der Waals surface area contributed by atoms with Crippen molar-refractivity contribution in [2.45, 2.75) is 52.0 Å². The Morgan fingerprint density at radius 3 is 2.62 bits per heavy atom. The molecule has 122 valence electrons. The molecule has 7 heteroatoms. The Balaban J connectivity index is 2.17. The summed E-state index contributed by atoms with van der Waals surface area (Å²) in [7, 11) is -3.56. The van der Waals surface area contributed by atoms with Gasteiger partial charge in [-0.25, -0.2) is 0 Å². The maximum absolute atomic E-state index is 12.8. The molecule has 0 aromatic rings. The Morgan fingerprint density at radius 2 is 1.95 bits per heavy atom. The molecule has 21 heavy (non-hydrogen) atoms. The Morgan fingerprint density at radius 1 is 1.19 bits per heavy atom. The average molecular weight is 318 g/mol. The van der Waals surface area contributed by atoms with Crippen molar-refractivity contribution in [3.63, 3.8) is 0 Å². The minimum Gasteiger partial charge on any atom is -0.465 e. The quantitative estimate of drug-likeness (QED) is 0.735. The molecule has 2 heterocycles. The fourth-order valence-corrected chi connectivity index (χ4v) is 5.13. The van der Waals surface area contributed by atoms with Gasteiger partial charge in [0.25, 0.3) is 10.2 Å². The average Bonchev–Trinajstić information content (AvgIpc) is 2.47. The molecule has 0 bridgehead atoms. The van der Waals surface area contributed by atoms with Crippen molar-refractivity contribution in [3.05, 3.63) is 0 Å². The van der Waals surface area contributed by atoms with E-state index in [4.69, 9.17) is 4.74 Å². The fraction of sp³-hybridized carbons (Fsp3) is 0.929. The number of rotatable bonds is 4. The van der Waals surface area contributed by atoms with Gasteiger partial charge in [0.2, 0.25) is 0 Å². The highest BCUT2D eigenvalue weighted by Crippen LogP contribution is 2.26. The normalized spacial score (nSPS) is 29.2. The van der Waals surface area contributed by atoms with E-state index in [1.165, 1.54) is 4.31 Å². The monoisotopic (exact) mass is 318 g/mol. The minimum absolute atomic E-state index is 0.282. The Kier molecular flexibility index (Phi) is 5.62. The molecule has 0 amide bonds. The van der Waals surface area contributed by atoms with Crippen LogP contribution in [0.25, 0.3) is 0 Å². The number of esters is 1. The summed E-state index contributed by atoms with van der Waals surface area (Å²) in [5.41, 5.74) is 0. The molecular weight excluding hydrogens is 292 g/mol. The molecule has 2 fully saturated rings. The van der Waals surface area contributed by atoms with E-state index in [1.54, 1.807) is 11.2 Å². The van der Waals surface area contributed by atoms with Gasteiger partial charge in [-0.05, 0) is 44.9 Å². The Labute approximate surface area is 127 Å². The third kappa shape index (κ3) is 3.76. The van der Waals surface area contributed by atoms with Crippen LogP contribution in [0.15, 0.2) is 0 Å². The third-order valence-electron chi connectivity index (χ3n) is 4.25. The third-order valence-corrected chi connectivity index (χ3v) is 6.27. The summed E-state index contributed by atoms with van der Waals surface area (Å²) < 4.78 is 33.7. The molecule has 0 radical (unpaired) electrons. The Hall–Kier alpha value is -0.660. The number of piperidine rings is 2. The number of nitrogens with zero attached hydrogens (tertiary/aromatic N) is 2. The predicted octanol–water partition coefficient (Wildman–Crippen LogP) is 1.38. The molecule has 0 spiro atoms. The lowest BCUT2D eigenvalue weighted by Gasteiger charge is -2.39. The van der Waals surface area contributed by atoms with Crippen LogP contribution in [0.5, 0.6) is 0 Å². The van der Waals surface area contributed by atoms with Crippen LogP contribution in [0, 0.1) is 5.92 Å². The van der Waals surface area contributed by atoms with E-state index in [-0.39, 0.29) is 6.61 Å². The van der Waals surface area contributed by atoms with E-state index < -0.39 is 22.2 Å². The fourth-order valence-electron chi connectivity index (χ4n) is 3.16. The minimum atomic E-state index is -3.56. The summed E-state index contributed by atoms with van der Waals surface area (Å²) in [5, 5.41) is 0. The summed E-state index contributed by atoms with van der Waals surface area (Å²) in [6.45, 7) is 5.61. The van der Waals surface area contributed by atoms with E-state index in [2.05, 4.69) is 6.92 Å². The van der Waals surface area contributed by atoms with Crippen LogP contribution >= 0.6 is 0 Å². The standard InChI is InChI=1S/C14H26N2O4S/c1-3-20-14(17)13-8-4-5-10-16(13)21(18,19)15-9-6-7-12(2)11-15/h12-13H,3-11H2,1-2H3. The SMILES string of the molecule is CCOC(=O)C1CCCCN1S(=O)(=O)N1CCCC(C)C1. The zero-order valence-corrected chi connectivity index (χ0v) is 13.8. The number of hydrogen-bond acceptors (Lipinski definition) is 4. The van der Waals surface area contributed by atoms with Gasteiger partial charge in [0.1, 0.15) is 6.04 Å². The zero-order valence-electron chi connectivity index (χ0n) is 13.0. The summed E-state index contributed by atoms with van der Waals surface area (Å²) in [6.07, 6.45) is 4.18. The van der Waals surface area contributed by atoms with Crippen LogP contribution < -0.4 is 0 Å². The molecular formula is C14H26N2O4S. The van der Waals surface area contributed by atoms with E-state index in [0.717, 1.165) is 25.7 Å². The van der Waals surface area contributed by atoms with Crippen LogP contribution in [-0.2, 0) is 19.7 Å². The molecule has 0 aromatic carbocycles. The van der Waals surface area contributed by atoms with Gasteiger partial charge in [-0.1, -0.05) is 6.92 Å². The highest BCUT2D eigenvalue weighted by molar-refractivity contribution is 7.86. The van der Waals surface area contributed by atoms with E-state index in [1.807, 2.05) is 0 Å². The molecule has 0 saturated carbocycles. The Bertz CT molecular complexity index is 466. The van der Waals surface area contributed by atoms with Gasteiger partial charge < -0.3 is 4.74 Å². The van der Waals surface area contributed by atoms with E-state index >= 15 is 0 Å². The van der Waals surface area contributed by atoms with Gasteiger partial charge in [0.05, 0.1) is 6.61 Å². The topological polar surface area (TPSA) is 66.9 Å². The number of carbonyl (C=O) groups is 1. The molecule has 0 aliphatic carbocycles. The second-order valence-electron chi connectivity index (χ2n) is 5.99. The molecule has 0 aromatic heterocycles. The second kappa shape index (κ2) is 7.07. The van der Waals surface area contributed by atoms with Crippen LogP contribution in [-0.4, -0.2) is 55.3 Å². The summed E-state index contributed by atoms with van der Waals surface area (Å²) >= 11 is 0. The summed E-state index contributed by atoms with van der Waals surface area (Å²) in [5.74, 6) is -0.0369. The first kappa shape index (κ1) is 16.7. The molecule has 2 aliphatic heterocycles. The lowest BCUT2D eigenvalue weighted by Crippen LogP contribution is -2.55. The molecule has 2 unspecified atom stereocenters. The highest BCUT2D eigenvalue weighted by atomic mass is 32.2. The van der Waals surface area contributed by atoms with Crippen molar-refractivity contribution < 1.29 is 17.9 Å². The first-order valence-electron chi connectivity index (χ1n) is 7.90. The van der Waals surface area contributed by atoms with Gasteiger partial charge in [-0.2, -0.15) is 17.0 Å². The van der Waals surface area contributed by atoms with Crippen molar-refractivity contribution >= 4 is 16.2 Å². The molecule has 2 rings (SSSR count). The second-order valence-corrected chi connectivity index (χ2v) is 7.87. The van der Waals surface area contributed by atoms with Crippen LogP contribution in [0.4, 0.5) is 0 Å². The van der Waals surface area contributed by atoms with Crippen LogP contribution in [0.1, 0.15) is 46.0 Å².